The van der Waals surface area contributed by atoms with Crippen LogP contribution in [-0.4, -0.2) is 51.7 Å². The summed E-state index contributed by atoms with van der Waals surface area (Å²) in [5.74, 6) is -1.57. The van der Waals surface area contributed by atoms with E-state index in [9.17, 15) is 14.7 Å². The van der Waals surface area contributed by atoms with Crippen LogP contribution in [-0.2, 0) is 16.1 Å². The molecule has 2 rings (SSSR count). The molecule has 0 bridgehead atoms. The lowest BCUT2D eigenvalue weighted by molar-refractivity contribution is -0.156. The summed E-state index contributed by atoms with van der Waals surface area (Å²) in [6.45, 7) is 2.41. The van der Waals surface area contributed by atoms with Crippen molar-refractivity contribution in [2.45, 2.75) is 44.4 Å². The van der Waals surface area contributed by atoms with Crippen LogP contribution in [0.4, 0.5) is 0 Å². The Hall–Kier alpha value is -1.92. The number of carbonyl (C=O) groups is 2. The topological polar surface area (TPSA) is 89.9 Å². The van der Waals surface area contributed by atoms with Gasteiger partial charge in [-0.1, -0.05) is 36.8 Å². The first-order valence-electron chi connectivity index (χ1n) is 7.91. The Kier molecular flexibility index (Phi) is 5.74. The summed E-state index contributed by atoms with van der Waals surface area (Å²) in [6.07, 6.45) is 2.76. The Bertz CT molecular complexity index is 545. The predicted octanol–water partition coefficient (Wildman–Crippen LogP) is 0.993. The van der Waals surface area contributed by atoms with E-state index in [1.165, 1.54) is 6.92 Å². The average molecular weight is 320 g/mol. The Morgan fingerprint density at radius 3 is 2.65 bits per heavy atom. The lowest BCUT2D eigenvalue weighted by Crippen LogP contribution is -2.53. The van der Waals surface area contributed by atoms with Crippen LogP contribution < -0.4 is 5.32 Å². The van der Waals surface area contributed by atoms with Crippen LogP contribution in [0.25, 0.3) is 0 Å². The Morgan fingerprint density at radius 1 is 1.30 bits per heavy atom. The van der Waals surface area contributed by atoms with Crippen molar-refractivity contribution in [1.29, 1.82) is 0 Å². The smallest absolute Gasteiger partial charge is 0.337 e. The molecule has 0 aromatic heterocycles. The van der Waals surface area contributed by atoms with Gasteiger partial charge in [0.05, 0.1) is 12.6 Å². The van der Waals surface area contributed by atoms with E-state index in [1.807, 2.05) is 30.3 Å². The molecule has 0 aliphatic carbocycles. The van der Waals surface area contributed by atoms with Crippen molar-refractivity contribution in [2.75, 3.05) is 13.1 Å². The molecule has 1 aliphatic heterocycles. The largest absolute Gasteiger partial charge is 0.479 e. The van der Waals surface area contributed by atoms with Crippen LogP contribution >= 0.6 is 0 Å². The van der Waals surface area contributed by atoms with Gasteiger partial charge >= 0.3 is 5.97 Å². The molecule has 2 unspecified atom stereocenters. The number of amides is 1. The van der Waals surface area contributed by atoms with Crippen molar-refractivity contribution in [3.63, 3.8) is 0 Å². The number of nitrogens with zero attached hydrogens (tertiary/aromatic N) is 1. The van der Waals surface area contributed by atoms with Gasteiger partial charge in [-0.05, 0) is 31.9 Å². The number of aliphatic hydroxyl groups is 1. The number of nitrogens with one attached hydrogen (secondary N) is 1. The first-order chi connectivity index (χ1) is 10.9. The molecule has 1 fully saturated rings. The zero-order valence-corrected chi connectivity index (χ0v) is 13.4. The van der Waals surface area contributed by atoms with Gasteiger partial charge < -0.3 is 15.5 Å². The summed E-state index contributed by atoms with van der Waals surface area (Å²) in [4.78, 5) is 25.4. The number of hydrogen-bond donors (Lipinski definition) is 3. The lowest BCUT2D eigenvalue weighted by Gasteiger charge is -2.35. The quantitative estimate of drug-likeness (QED) is 0.727. The van der Waals surface area contributed by atoms with Crippen LogP contribution in [0.1, 0.15) is 31.7 Å². The standard InChI is InChI=1S/C17H24N2O4/c1-17(23,16(21)22)12-18-15(20)14-9-5-6-10-19(14)11-13-7-3-2-4-8-13/h2-4,7-8,14,23H,5-6,9-12H2,1H3,(H,18,20)(H,21,22). The number of aliphatic carboxylic acids is 1. The van der Waals surface area contributed by atoms with Crippen LogP contribution in [0.5, 0.6) is 0 Å². The fraction of sp³-hybridized carbons (Fsp3) is 0.529. The molecule has 23 heavy (non-hydrogen) atoms. The maximum atomic E-state index is 12.4. The summed E-state index contributed by atoms with van der Waals surface area (Å²) in [5.41, 5.74) is -0.807. The molecule has 1 heterocycles. The fourth-order valence-corrected chi connectivity index (χ4v) is 2.75. The normalized spacial score (nSPS) is 21.4. The number of hydrogen-bond acceptors (Lipinski definition) is 4. The van der Waals surface area contributed by atoms with Gasteiger partial charge in [0, 0.05) is 6.54 Å². The minimum Gasteiger partial charge on any atom is -0.479 e. The molecular weight excluding hydrogens is 296 g/mol. The highest BCUT2D eigenvalue weighted by molar-refractivity contribution is 5.83. The highest BCUT2D eigenvalue weighted by atomic mass is 16.4. The van der Waals surface area contributed by atoms with E-state index in [0.29, 0.717) is 6.54 Å². The minimum absolute atomic E-state index is 0.220. The third-order valence-electron chi connectivity index (χ3n) is 4.21. The van der Waals surface area contributed by atoms with Gasteiger partial charge in [-0.2, -0.15) is 0 Å². The number of piperidine rings is 1. The minimum atomic E-state index is -1.95. The molecule has 6 heteroatoms. The van der Waals surface area contributed by atoms with E-state index in [0.717, 1.165) is 31.4 Å². The van der Waals surface area contributed by atoms with Crippen molar-refractivity contribution in [1.82, 2.24) is 10.2 Å². The maximum absolute atomic E-state index is 12.4. The number of rotatable bonds is 6. The van der Waals surface area contributed by atoms with Crippen LogP contribution in [0, 0.1) is 0 Å². The molecular formula is C17H24N2O4. The molecule has 3 N–H and O–H groups in total. The lowest BCUT2D eigenvalue weighted by atomic mass is 9.99. The molecule has 126 valence electrons. The number of benzene rings is 1. The highest BCUT2D eigenvalue weighted by Crippen LogP contribution is 2.20. The van der Waals surface area contributed by atoms with E-state index in [-0.39, 0.29) is 18.5 Å². The molecule has 1 amide bonds. The van der Waals surface area contributed by atoms with Gasteiger partial charge in [0.15, 0.2) is 5.60 Å². The number of carbonyl (C=O) groups excluding carboxylic acids is 1. The first kappa shape index (κ1) is 17.4. The molecule has 2 atom stereocenters. The zero-order valence-electron chi connectivity index (χ0n) is 13.4. The first-order valence-corrected chi connectivity index (χ1v) is 7.91. The van der Waals surface area contributed by atoms with Gasteiger partial charge in [0.1, 0.15) is 0 Å². The van der Waals surface area contributed by atoms with Crippen LogP contribution in [0.2, 0.25) is 0 Å². The molecule has 1 aromatic rings. The second-order valence-electron chi connectivity index (χ2n) is 6.26. The number of carboxylic acids is 1. The van der Waals surface area contributed by atoms with Gasteiger partial charge in [-0.15, -0.1) is 0 Å². The fourth-order valence-electron chi connectivity index (χ4n) is 2.75. The summed E-state index contributed by atoms with van der Waals surface area (Å²) < 4.78 is 0. The SMILES string of the molecule is CC(O)(CNC(=O)C1CCCCN1Cc1ccccc1)C(=O)O. The van der Waals surface area contributed by atoms with E-state index in [4.69, 9.17) is 5.11 Å². The van der Waals surface area contributed by atoms with Crippen LogP contribution in [0.15, 0.2) is 30.3 Å². The van der Waals surface area contributed by atoms with Gasteiger partial charge in [0.25, 0.3) is 0 Å². The van der Waals surface area contributed by atoms with Crippen LogP contribution in [0.3, 0.4) is 0 Å². The monoisotopic (exact) mass is 320 g/mol. The average Bonchev–Trinajstić information content (AvgIpc) is 2.54. The summed E-state index contributed by atoms with van der Waals surface area (Å²) in [5, 5.41) is 21.2. The predicted molar refractivity (Wildman–Crippen MR) is 85.8 cm³/mol. The summed E-state index contributed by atoms with van der Waals surface area (Å²) in [6, 6.07) is 9.67. The maximum Gasteiger partial charge on any atom is 0.337 e. The zero-order chi connectivity index (χ0) is 16.9. The molecule has 1 aliphatic rings. The Balaban J connectivity index is 1.97. The number of likely N-dealkylation sites (tertiary alicyclic amines) is 1. The molecule has 1 saturated heterocycles. The van der Waals surface area contributed by atoms with Crippen molar-refractivity contribution in [2.24, 2.45) is 0 Å². The summed E-state index contributed by atoms with van der Waals surface area (Å²) >= 11 is 0. The van der Waals surface area contributed by atoms with E-state index >= 15 is 0 Å². The van der Waals surface area contributed by atoms with Crippen molar-refractivity contribution in [3.05, 3.63) is 35.9 Å². The van der Waals surface area contributed by atoms with E-state index in [1.54, 1.807) is 0 Å². The third-order valence-corrected chi connectivity index (χ3v) is 4.21. The molecule has 6 nitrogen and oxygen atoms in total. The molecule has 0 spiro atoms. The summed E-state index contributed by atoms with van der Waals surface area (Å²) in [7, 11) is 0. The van der Waals surface area contributed by atoms with E-state index in [2.05, 4.69) is 10.2 Å². The van der Waals surface area contributed by atoms with Crippen molar-refractivity contribution in [3.8, 4) is 0 Å². The molecule has 0 saturated carbocycles. The molecule has 1 aromatic carbocycles. The Morgan fingerprint density at radius 2 is 2.00 bits per heavy atom. The third kappa shape index (κ3) is 4.77. The molecule has 0 radical (unpaired) electrons. The van der Waals surface area contributed by atoms with Crippen molar-refractivity contribution >= 4 is 11.9 Å². The highest BCUT2D eigenvalue weighted by Gasteiger charge is 2.33. The second kappa shape index (κ2) is 7.57. The van der Waals surface area contributed by atoms with Gasteiger partial charge in [-0.25, -0.2) is 4.79 Å². The van der Waals surface area contributed by atoms with Gasteiger partial charge in [-0.3, -0.25) is 9.69 Å². The second-order valence-corrected chi connectivity index (χ2v) is 6.26. The Labute approximate surface area is 136 Å². The van der Waals surface area contributed by atoms with Gasteiger partial charge in [0.2, 0.25) is 5.91 Å². The van der Waals surface area contributed by atoms with Crippen molar-refractivity contribution < 1.29 is 19.8 Å². The number of carboxylic acid groups (broad SMARTS) is 1. The van der Waals surface area contributed by atoms with E-state index < -0.39 is 11.6 Å².